The van der Waals surface area contributed by atoms with Crippen molar-refractivity contribution in [2.24, 2.45) is 0 Å². The number of hydrogen-bond donors (Lipinski definition) is 0. The van der Waals surface area contributed by atoms with Crippen LogP contribution in [0.3, 0.4) is 0 Å². The third kappa shape index (κ3) is 5.26. The number of nitrogens with zero attached hydrogens (tertiary/aromatic N) is 2. The van der Waals surface area contributed by atoms with E-state index >= 15 is 0 Å². The minimum atomic E-state index is 1.14. The Morgan fingerprint density at radius 1 is 0.232 bits per heavy atom. The summed E-state index contributed by atoms with van der Waals surface area (Å²) in [5.74, 6) is 0. The van der Waals surface area contributed by atoms with Crippen LogP contribution in [0.15, 0.2) is 218 Å². The maximum Gasteiger partial charge on any atom is 0.0547 e. The highest BCUT2D eigenvalue weighted by molar-refractivity contribution is 6.12. The summed E-state index contributed by atoms with van der Waals surface area (Å²) in [5, 5.41) is 4.99. The predicted octanol–water partition coefficient (Wildman–Crippen LogP) is 14.5. The largest absolute Gasteiger partial charge is 0.309 e. The summed E-state index contributed by atoms with van der Waals surface area (Å²) in [5.41, 5.74) is 16.7. The summed E-state index contributed by atoms with van der Waals surface area (Å²) in [6.07, 6.45) is 0. The van der Waals surface area contributed by atoms with E-state index in [9.17, 15) is 0 Å². The number of fused-ring (bicyclic) bond motifs is 6. The second-order valence-electron chi connectivity index (χ2n) is 14.5. The first kappa shape index (κ1) is 32.0. The Morgan fingerprint density at radius 2 is 0.679 bits per heavy atom. The molecule has 0 bridgehead atoms. The van der Waals surface area contributed by atoms with Crippen molar-refractivity contribution in [3.8, 4) is 55.9 Å². The molecule has 0 N–H and O–H groups in total. The Balaban J connectivity index is 1.08. The summed E-state index contributed by atoms with van der Waals surface area (Å²) in [4.78, 5) is 0. The smallest absolute Gasteiger partial charge is 0.0547 e. The maximum atomic E-state index is 2.45. The fraction of sp³-hybridized carbons (Fsp3) is 0. The minimum Gasteiger partial charge on any atom is -0.309 e. The molecule has 0 spiro atoms. The van der Waals surface area contributed by atoms with Crippen molar-refractivity contribution < 1.29 is 0 Å². The molecule has 0 unspecified atom stereocenters. The molecule has 262 valence electrons. The van der Waals surface area contributed by atoms with Gasteiger partial charge in [0.25, 0.3) is 0 Å². The van der Waals surface area contributed by atoms with Gasteiger partial charge in [-0.25, -0.2) is 0 Å². The second-order valence-corrected chi connectivity index (χ2v) is 14.5. The SMILES string of the molecule is c1ccc(-c2cccc(-c3cccc(-n4c5ccccc5c5ccc(-c6ccc7c8ccccc8n(-c8ccccc8-c8ccccc8)c7c6)cc54)c3)c2)cc1. The molecule has 0 atom stereocenters. The molecular weight excluding hydrogens is 677 g/mol. The Bertz CT molecular complexity index is 3240. The average molecular weight is 713 g/mol. The van der Waals surface area contributed by atoms with Crippen molar-refractivity contribution in [2.75, 3.05) is 0 Å². The summed E-state index contributed by atoms with van der Waals surface area (Å²) < 4.78 is 4.88. The van der Waals surface area contributed by atoms with E-state index in [4.69, 9.17) is 0 Å². The van der Waals surface area contributed by atoms with Crippen molar-refractivity contribution in [1.82, 2.24) is 9.13 Å². The predicted molar refractivity (Wildman–Crippen MR) is 237 cm³/mol. The molecule has 0 fully saturated rings. The van der Waals surface area contributed by atoms with Gasteiger partial charge in [0, 0.05) is 32.8 Å². The van der Waals surface area contributed by atoms with Crippen molar-refractivity contribution >= 4 is 43.6 Å². The second kappa shape index (κ2) is 13.2. The van der Waals surface area contributed by atoms with Crippen LogP contribution >= 0.6 is 0 Å². The molecule has 11 rings (SSSR count). The van der Waals surface area contributed by atoms with Gasteiger partial charge in [-0.3, -0.25) is 0 Å². The van der Waals surface area contributed by atoms with Gasteiger partial charge in [0.05, 0.1) is 27.8 Å². The maximum absolute atomic E-state index is 2.45. The molecule has 0 aliphatic heterocycles. The molecule has 0 radical (unpaired) electrons. The highest BCUT2D eigenvalue weighted by atomic mass is 15.0. The molecule has 0 aliphatic carbocycles. The summed E-state index contributed by atoms with van der Waals surface area (Å²) >= 11 is 0. The Kier molecular flexibility index (Phi) is 7.53. The lowest BCUT2D eigenvalue weighted by Crippen LogP contribution is -1.97. The molecule has 2 heterocycles. The highest BCUT2D eigenvalue weighted by Gasteiger charge is 2.18. The van der Waals surface area contributed by atoms with Crippen LogP contribution < -0.4 is 0 Å². The van der Waals surface area contributed by atoms with E-state index < -0.39 is 0 Å². The van der Waals surface area contributed by atoms with Crippen molar-refractivity contribution in [2.45, 2.75) is 0 Å². The fourth-order valence-electron chi connectivity index (χ4n) is 8.70. The lowest BCUT2D eigenvalue weighted by Gasteiger charge is -2.14. The Hall–Kier alpha value is -7.42. The number of para-hydroxylation sites is 3. The lowest BCUT2D eigenvalue weighted by molar-refractivity contribution is 1.18. The van der Waals surface area contributed by atoms with Gasteiger partial charge in [-0.2, -0.15) is 0 Å². The first-order valence-electron chi connectivity index (χ1n) is 19.3. The van der Waals surface area contributed by atoms with Gasteiger partial charge in [-0.1, -0.05) is 170 Å². The molecule has 2 nitrogen and oxygen atoms in total. The van der Waals surface area contributed by atoms with Crippen LogP contribution in [-0.4, -0.2) is 9.13 Å². The Morgan fingerprint density at radius 3 is 1.36 bits per heavy atom. The molecule has 2 heteroatoms. The van der Waals surface area contributed by atoms with E-state index in [1.54, 1.807) is 0 Å². The van der Waals surface area contributed by atoms with Gasteiger partial charge < -0.3 is 9.13 Å². The Labute approximate surface area is 325 Å². The van der Waals surface area contributed by atoms with Crippen LogP contribution in [0.5, 0.6) is 0 Å². The zero-order valence-electron chi connectivity index (χ0n) is 30.7. The molecule has 0 amide bonds. The monoisotopic (exact) mass is 712 g/mol. The van der Waals surface area contributed by atoms with E-state index in [1.165, 1.54) is 93.8 Å². The summed E-state index contributed by atoms with van der Waals surface area (Å²) in [7, 11) is 0. The van der Waals surface area contributed by atoms with Crippen LogP contribution in [0, 0.1) is 0 Å². The lowest BCUT2D eigenvalue weighted by atomic mass is 9.99. The van der Waals surface area contributed by atoms with E-state index in [-0.39, 0.29) is 0 Å². The van der Waals surface area contributed by atoms with Crippen molar-refractivity contribution in [3.05, 3.63) is 218 Å². The van der Waals surface area contributed by atoms with Crippen LogP contribution in [0.2, 0.25) is 0 Å². The third-order valence-electron chi connectivity index (χ3n) is 11.3. The van der Waals surface area contributed by atoms with Gasteiger partial charge in [-0.05, 0) is 87.5 Å². The highest BCUT2D eigenvalue weighted by Crippen LogP contribution is 2.40. The third-order valence-corrected chi connectivity index (χ3v) is 11.3. The van der Waals surface area contributed by atoms with Gasteiger partial charge >= 0.3 is 0 Å². The molecule has 0 saturated heterocycles. The molecule has 2 aromatic heterocycles. The van der Waals surface area contributed by atoms with Crippen LogP contribution in [0.25, 0.3) is 99.5 Å². The van der Waals surface area contributed by atoms with Crippen LogP contribution in [0.1, 0.15) is 0 Å². The van der Waals surface area contributed by atoms with Crippen LogP contribution in [-0.2, 0) is 0 Å². The summed E-state index contributed by atoms with van der Waals surface area (Å²) in [6.45, 7) is 0. The molecule has 56 heavy (non-hydrogen) atoms. The number of rotatable bonds is 6. The standard InChI is InChI=1S/C54H36N2/c1-3-15-37(16-4-1)39-19-13-20-40(33-39)41-21-14-22-44(34-41)55-51-27-11-8-24-46(51)48-31-29-42(35-53(48)55)43-30-32-49-47-25-9-12-28-52(47)56(54(49)36-43)50-26-10-7-23-45(50)38-17-5-2-6-18-38/h1-36H. The van der Waals surface area contributed by atoms with Gasteiger partial charge in [0.2, 0.25) is 0 Å². The van der Waals surface area contributed by atoms with Gasteiger partial charge in [-0.15, -0.1) is 0 Å². The van der Waals surface area contributed by atoms with E-state index in [0.29, 0.717) is 0 Å². The van der Waals surface area contributed by atoms with Crippen molar-refractivity contribution in [3.63, 3.8) is 0 Å². The van der Waals surface area contributed by atoms with Crippen molar-refractivity contribution in [1.29, 1.82) is 0 Å². The molecule has 11 aromatic rings. The van der Waals surface area contributed by atoms with Gasteiger partial charge in [0.1, 0.15) is 0 Å². The summed E-state index contributed by atoms with van der Waals surface area (Å²) in [6, 6.07) is 79.4. The number of aromatic nitrogens is 2. The normalized spacial score (nSPS) is 11.6. The fourth-order valence-corrected chi connectivity index (χ4v) is 8.70. The van der Waals surface area contributed by atoms with E-state index in [0.717, 1.165) is 5.69 Å². The van der Waals surface area contributed by atoms with Gasteiger partial charge in [0.15, 0.2) is 0 Å². The molecule has 0 aliphatic rings. The first-order valence-corrected chi connectivity index (χ1v) is 19.3. The number of hydrogen-bond acceptors (Lipinski definition) is 0. The molecule has 0 saturated carbocycles. The molecule has 9 aromatic carbocycles. The van der Waals surface area contributed by atoms with E-state index in [2.05, 4.69) is 228 Å². The quantitative estimate of drug-likeness (QED) is 0.162. The zero-order chi connectivity index (χ0) is 37.0. The molecular formula is C54H36N2. The van der Waals surface area contributed by atoms with E-state index in [1.807, 2.05) is 0 Å². The zero-order valence-corrected chi connectivity index (χ0v) is 30.7. The number of benzene rings is 9. The average Bonchev–Trinajstić information content (AvgIpc) is 3.79. The minimum absolute atomic E-state index is 1.14. The topological polar surface area (TPSA) is 9.86 Å². The first-order chi connectivity index (χ1) is 27.8. The van der Waals surface area contributed by atoms with Crippen LogP contribution in [0.4, 0.5) is 0 Å².